The number of hydroxylamine groups is 2. The van der Waals surface area contributed by atoms with E-state index in [9.17, 15) is 19.2 Å². The van der Waals surface area contributed by atoms with Crippen LogP contribution in [0.15, 0.2) is 170 Å². The van der Waals surface area contributed by atoms with E-state index in [4.69, 9.17) is 9.94 Å². The molecule has 2 amide bonds. The third-order valence-electron chi connectivity index (χ3n) is 13.5. The summed E-state index contributed by atoms with van der Waals surface area (Å²) < 4.78 is 0. The fraction of sp³-hybridized carbons (Fsp3) is 0.133. The van der Waals surface area contributed by atoms with E-state index in [1.807, 2.05) is 0 Å². The summed E-state index contributed by atoms with van der Waals surface area (Å²) in [5.41, 5.74) is 2.42. The molecule has 1 N–H and O–H groups in total. The molecule has 12 aromatic carbocycles. The van der Waals surface area contributed by atoms with Crippen molar-refractivity contribution >= 4 is 121 Å². The van der Waals surface area contributed by atoms with Crippen LogP contribution >= 0.6 is 0 Å². The highest BCUT2D eigenvalue weighted by Crippen LogP contribution is 2.38. The lowest BCUT2D eigenvalue weighted by molar-refractivity contribution is -0.197. The molecule has 1 aliphatic heterocycles. The number of carbonyl (C=O) groups is 4. The van der Waals surface area contributed by atoms with Crippen molar-refractivity contribution in [1.82, 2.24) is 5.06 Å². The molecule has 67 heavy (non-hydrogen) atoms. The molecule has 0 aliphatic carbocycles. The Morgan fingerprint density at radius 3 is 1.06 bits per heavy atom. The van der Waals surface area contributed by atoms with Gasteiger partial charge in [0.1, 0.15) is 0 Å². The monoisotopic (exact) mass is 875 g/mol. The first kappa shape index (κ1) is 41.5. The maximum atomic E-state index is 12.0. The van der Waals surface area contributed by atoms with Crippen molar-refractivity contribution in [3.05, 3.63) is 181 Å². The molecule has 1 fully saturated rings. The summed E-state index contributed by atoms with van der Waals surface area (Å²) >= 11 is 0. The van der Waals surface area contributed by atoms with Crippen LogP contribution in [0.2, 0.25) is 0 Å². The molecule has 13 rings (SSSR count). The van der Waals surface area contributed by atoms with Gasteiger partial charge in [-0.25, -0.2) is 4.79 Å². The number of hydrogen-bond donors (Lipinski definition) is 1. The van der Waals surface area contributed by atoms with Gasteiger partial charge in [-0.1, -0.05) is 170 Å². The summed E-state index contributed by atoms with van der Waals surface area (Å²) in [5, 5.41) is 32.6. The van der Waals surface area contributed by atoms with Crippen LogP contribution in [0.5, 0.6) is 0 Å². The van der Waals surface area contributed by atoms with E-state index in [0.717, 1.165) is 6.42 Å². The average Bonchev–Trinajstić information content (AvgIpc) is 3.67. The largest absolute Gasteiger partial charge is 0.481 e. The van der Waals surface area contributed by atoms with Crippen LogP contribution in [0.3, 0.4) is 0 Å². The van der Waals surface area contributed by atoms with Gasteiger partial charge in [-0.15, -0.1) is 5.06 Å². The predicted molar refractivity (Wildman–Crippen MR) is 271 cm³/mol. The normalized spacial score (nSPS) is 12.9. The number of amides is 2. The first-order valence-corrected chi connectivity index (χ1v) is 23.0. The Morgan fingerprint density at radius 2 is 0.701 bits per heavy atom. The molecule has 0 aromatic heterocycles. The van der Waals surface area contributed by atoms with Crippen LogP contribution in [-0.2, 0) is 36.9 Å². The van der Waals surface area contributed by atoms with Gasteiger partial charge in [-0.05, 0) is 134 Å². The Morgan fingerprint density at radius 1 is 0.403 bits per heavy atom. The highest BCUT2D eigenvalue weighted by atomic mass is 16.7. The summed E-state index contributed by atoms with van der Waals surface area (Å²) in [4.78, 5) is 50.8. The van der Waals surface area contributed by atoms with E-state index in [1.54, 1.807) is 0 Å². The van der Waals surface area contributed by atoms with Gasteiger partial charge in [0.25, 0.3) is 11.8 Å². The molecule has 1 heterocycles. The number of nitrogens with zero attached hydrogens (tertiary/aromatic N) is 1. The molecular formula is C60H45NO6. The number of benzene rings is 12. The second-order valence-electron chi connectivity index (χ2n) is 17.6. The van der Waals surface area contributed by atoms with E-state index in [2.05, 4.69) is 170 Å². The molecule has 1 aliphatic rings. The maximum Gasteiger partial charge on any atom is 0.333 e. The topological polar surface area (TPSA) is 101 Å². The number of carboxylic acids is 1. The van der Waals surface area contributed by atoms with E-state index < -0.39 is 23.8 Å². The van der Waals surface area contributed by atoms with Crippen molar-refractivity contribution in [2.75, 3.05) is 0 Å². The summed E-state index contributed by atoms with van der Waals surface area (Å²) in [5.74, 6) is -2.17. The molecule has 0 unspecified atom stereocenters. The molecule has 1 saturated heterocycles. The summed E-state index contributed by atoms with van der Waals surface area (Å²) in [6.07, 6.45) is 3.37. The van der Waals surface area contributed by atoms with Crippen LogP contribution in [-0.4, -0.2) is 33.9 Å². The van der Waals surface area contributed by atoms with Crippen LogP contribution in [0, 0.1) is 0 Å². The highest BCUT2D eigenvalue weighted by Gasteiger charge is 2.32. The quantitative estimate of drug-likeness (QED) is 0.114. The van der Waals surface area contributed by atoms with Gasteiger partial charge in [-0.3, -0.25) is 14.4 Å². The zero-order valence-electron chi connectivity index (χ0n) is 36.8. The SMILES string of the molecule is O=C(CCCc1ccc2ccc3cccc4ccc1c2c34)ON1C(=O)CCC1=O.O=C(O)CCCc1ccc2ccc3cccc4ccc1c2c34.c1cc2ccc3cccc4ccc(c1)c2c34. The van der Waals surface area contributed by atoms with E-state index in [1.165, 1.54) is 108 Å². The first-order chi connectivity index (χ1) is 32.8. The number of rotatable bonds is 9. The van der Waals surface area contributed by atoms with Crippen molar-refractivity contribution in [2.45, 2.75) is 51.4 Å². The molecular weight excluding hydrogens is 831 g/mol. The Balaban J connectivity index is 0.000000115. The number of carbonyl (C=O) groups excluding carboxylic acids is 3. The van der Waals surface area contributed by atoms with Gasteiger partial charge >= 0.3 is 11.9 Å². The van der Waals surface area contributed by atoms with E-state index in [0.29, 0.717) is 24.3 Å². The lowest BCUT2D eigenvalue weighted by atomic mass is 9.90. The third kappa shape index (κ3) is 7.72. The fourth-order valence-corrected chi connectivity index (χ4v) is 10.4. The van der Waals surface area contributed by atoms with Crippen molar-refractivity contribution in [1.29, 1.82) is 0 Å². The molecule has 0 saturated carbocycles. The Labute approximate surface area is 385 Å². The second-order valence-corrected chi connectivity index (χ2v) is 17.6. The van der Waals surface area contributed by atoms with Crippen molar-refractivity contribution in [3.8, 4) is 0 Å². The molecule has 12 aromatic rings. The van der Waals surface area contributed by atoms with Crippen molar-refractivity contribution < 1.29 is 29.1 Å². The van der Waals surface area contributed by atoms with E-state index >= 15 is 0 Å². The lowest BCUT2D eigenvalue weighted by Gasteiger charge is -2.14. The summed E-state index contributed by atoms with van der Waals surface area (Å²) in [6.45, 7) is 0. The zero-order chi connectivity index (χ0) is 45.6. The Hall–Kier alpha value is -8.16. The first-order valence-electron chi connectivity index (χ1n) is 23.0. The van der Waals surface area contributed by atoms with Crippen LogP contribution in [0.4, 0.5) is 0 Å². The summed E-state index contributed by atoms with van der Waals surface area (Å²) in [6, 6.07) is 60.4. The smallest absolute Gasteiger partial charge is 0.333 e. The van der Waals surface area contributed by atoms with Crippen molar-refractivity contribution in [2.24, 2.45) is 0 Å². The minimum Gasteiger partial charge on any atom is -0.481 e. The van der Waals surface area contributed by atoms with Gasteiger partial charge in [0.15, 0.2) is 0 Å². The van der Waals surface area contributed by atoms with Crippen LogP contribution < -0.4 is 0 Å². The minimum atomic E-state index is -0.724. The highest BCUT2D eigenvalue weighted by molar-refractivity contribution is 6.25. The zero-order valence-corrected chi connectivity index (χ0v) is 36.8. The number of hydrogen-bond acceptors (Lipinski definition) is 5. The Kier molecular flexibility index (Phi) is 10.7. The number of aryl methyl sites for hydroxylation is 2. The van der Waals surface area contributed by atoms with Gasteiger partial charge in [0.2, 0.25) is 0 Å². The number of carboxylic acid groups (broad SMARTS) is 1. The average molecular weight is 876 g/mol. The molecule has 7 heteroatoms. The standard InChI is InChI=1S/C24H19NO4.C20H16O2.C16H10/c26-20-13-14-21(27)25(20)29-22(28)6-2-3-15-7-8-18-10-9-16-4-1-5-17-11-12-19(15)24(18)23(16)17;21-18(22)6-2-3-13-7-8-16-10-9-14-4-1-5-15-11-12-17(13)20(16)19(14)15;1-3-11-7-9-13-5-2-6-14-10-8-12(4-1)15(11)16(13)14/h1,4-5,7-12H,2-3,6,13-14H2;1,4-5,7-12H,2-3,6H2,(H,21,22);1-10H. The molecule has 0 spiro atoms. The van der Waals surface area contributed by atoms with Gasteiger partial charge in [-0.2, -0.15) is 0 Å². The molecule has 0 atom stereocenters. The van der Waals surface area contributed by atoms with Gasteiger partial charge < -0.3 is 9.94 Å². The molecule has 7 nitrogen and oxygen atoms in total. The third-order valence-corrected chi connectivity index (χ3v) is 13.5. The van der Waals surface area contributed by atoms with Gasteiger partial charge in [0, 0.05) is 25.7 Å². The Bertz CT molecular complexity index is 3680. The van der Waals surface area contributed by atoms with Gasteiger partial charge in [0.05, 0.1) is 0 Å². The van der Waals surface area contributed by atoms with Crippen LogP contribution in [0.25, 0.3) is 97.0 Å². The lowest BCUT2D eigenvalue weighted by Crippen LogP contribution is -2.31. The minimum absolute atomic E-state index is 0.106. The molecule has 0 radical (unpaired) electrons. The fourth-order valence-electron chi connectivity index (χ4n) is 10.4. The predicted octanol–water partition coefficient (Wildman–Crippen LogP) is 14.1. The molecule has 0 bridgehead atoms. The summed E-state index contributed by atoms with van der Waals surface area (Å²) in [7, 11) is 0. The van der Waals surface area contributed by atoms with E-state index in [-0.39, 0.29) is 25.7 Å². The number of imide groups is 1. The van der Waals surface area contributed by atoms with Crippen molar-refractivity contribution in [3.63, 3.8) is 0 Å². The second kappa shape index (κ2) is 17.3. The number of aliphatic carboxylic acids is 1. The maximum absolute atomic E-state index is 12.0. The molecule has 326 valence electrons. The van der Waals surface area contributed by atoms with Crippen LogP contribution in [0.1, 0.15) is 49.7 Å².